The van der Waals surface area contributed by atoms with Gasteiger partial charge in [0.1, 0.15) is 11.6 Å². The van der Waals surface area contributed by atoms with Crippen molar-refractivity contribution in [2.45, 2.75) is 38.8 Å². The minimum atomic E-state index is -0.615. The highest BCUT2D eigenvalue weighted by Crippen LogP contribution is 2.40. The average molecular weight is 334 g/mol. The molecule has 1 aromatic carbocycles. The number of carbonyl (C=O) groups is 1. The van der Waals surface area contributed by atoms with Crippen LogP contribution in [-0.4, -0.2) is 21.8 Å². The van der Waals surface area contributed by atoms with Crippen LogP contribution in [0.1, 0.15) is 32.7 Å². The standard InChI is InChI=1S/C17H20ClN3O2/c1-11(13-3-4-13)21-16(9-10-19-21)20-17(22)12(2)23-15-7-5-14(18)6-8-15/h5-13H,3-4H2,1-2H3,(H,20,22)/t11-,12+/m1/s1. The summed E-state index contributed by atoms with van der Waals surface area (Å²) in [7, 11) is 0. The van der Waals surface area contributed by atoms with E-state index < -0.39 is 6.10 Å². The Kier molecular flexibility index (Phi) is 4.57. The fourth-order valence-electron chi connectivity index (χ4n) is 2.51. The third-order valence-electron chi connectivity index (χ3n) is 4.11. The van der Waals surface area contributed by atoms with Gasteiger partial charge in [-0.3, -0.25) is 4.79 Å². The van der Waals surface area contributed by atoms with Crippen LogP contribution < -0.4 is 10.1 Å². The van der Waals surface area contributed by atoms with E-state index in [1.807, 2.05) is 10.7 Å². The molecule has 3 rings (SSSR count). The van der Waals surface area contributed by atoms with Crippen LogP contribution >= 0.6 is 11.6 Å². The molecule has 0 unspecified atom stereocenters. The van der Waals surface area contributed by atoms with Gasteiger partial charge in [0.15, 0.2) is 6.10 Å². The molecule has 0 aliphatic heterocycles. The van der Waals surface area contributed by atoms with E-state index in [2.05, 4.69) is 17.3 Å². The van der Waals surface area contributed by atoms with Crippen molar-refractivity contribution in [1.82, 2.24) is 9.78 Å². The van der Waals surface area contributed by atoms with Gasteiger partial charge in [0.25, 0.3) is 5.91 Å². The lowest BCUT2D eigenvalue weighted by atomic mass is 10.2. The molecular formula is C17H20ClN3O2. The summed E-state index contributed by atoms with van der Waals surface area (Å²) in [5.41, 5.74) is 0. The normalized spacial score (nSPS) is 16.7. The maximum absolute atomic E-state index is 12.3. The first kappa shape index (κ1) is 15.9. The summed E-state index contributed by atoms with van der Waals surface area (Å²) in [6.45, 7) is 3.85. The van der Waals surface area contributed by atoms with Gasteiger partial charge in [-0.05, 0) is 56.9 Å². The highest BCUT2D eigenvalue weighted by molar-refractivity contribution is 6.30. The zero-order chi connectivity index (χ0) is 16.4. The van der Waals surface area contributed by atoms with Crippen LogP contribution in [0.3, 0.4) is 0 Å². The Morgan fingerprint density at radius 1 is 1.30 bits per heavy atom. The Balaban J connectivity index is 1.62. The molecular weight excluding hydrogens is 314 g/mol. The van der Waals surface area contributed by atoms with Crippen molar-refractivity contribution in [2.75, 3.05) is 5.32 Å². The van der Waals surface area contributed by atoms with Crippen molar-refractivity contribution in [1.29, 1.82) is 0 Å². The molecule has 1 saturated carbocycles. The lowest BCUT2D eigenvalue weighted by molar-refractivity contribution is -0.122. The molecule has 2 aromatic rings. The number of benzene rings is 1. The van der Waals surface area contributed by atoms with Crippen LogP contribution in [0, 0.1) is 5.92 Å². The van der Waals surface area contributed by atoms with Crippen molar-refractivity contribution < 1.29 is 9.53 Å². The quantitative estimate of drug-likeness (QED) is 0.871. The van der Waals surface area contributed by atoms with E-state index in [9.17, 15) is 4.79 Å². The van der Waals surface area contributed by atoms with Gasteiger partial charge in [-0.15, -0.1) is 0 Å². The number of nitrogens with zero attached hydrogens (tertiary/aromatic N) is 2. The molecule has 1 heterocycles. The summed E-state index contributed by atoms with van der Waals surface area (Å²) in [4.78, 5) is 12.3. The number of anilines is 1. The van der Waals surface area contributed by atoms with Crippen molar-refractivity contribution in [2.24, 2.45) is 5.92 Å². The molecule has 1 aliphatic rings. The lowest BCUT2D eigenvalue weighted by Gasteiger charge is -2.18. The van der Waals surface area contributed by atoms with Gasteiger partial charge in [0.2, 0.25) is 0 Å². The smallest absolute Gasteiger partial charge is 0.266 e. The molecule has 1 fully saturated rings. The van der Waals surface area contributed by atoms with Gasteiger partial charge < -0.3 is 10.1 Å². The number of nitrogens with one attached hydrogen (secondary N) is 1. The largest absolute Gasteiger partial charge is 0.481 e. The van der Waals surface area contributed by atoms with E-state index in [-0.39, 0.29) is 5.91 Å². The first-order chi connectivity index (χ1) is 11.0. The number of carbonyl (C=O) groups excluding carboxylic acids is 1. The van der Waals surface area contributed by atoms with Crippen LogP contribution in [0.25, 0.3) is 0 Å². The molecule has 1 aromatic heterocycles. The van der Waals surface area contributed by atoms with E-state index >= 15 is 0 Å². The van der Waals surface area contributed by atoms with Crippen LogP contribution in [-0.2, 0) is 4.79 Å². The number of aromatic nitrogens is 2. The van der Waals surface area contributed by atoms with Gasteiger partial charge in [-0.25, -0.2) is 4.68 Å². The minimum Gasteiger partial charge on any atom is -0.481 e. The molecule has 5 nitrogen and oxygen atoms in total. The van der Waals surface area contributed by atoms with Crippen LogP contribution in [0.15, 0.2) is 36.5 Å². The summed E-state index contributed by atoms with van der Waals surface area (Å²) < 4.78 is 7.52. The summed E-state index contributed by atoms with van der Waals surface area (Å²) in [6, 6.07) is 9.05. The molecule has 2 atom stereocenters. The predicted molar refractivity (Wildman–Crippen MR) is 89.8 cm³/mol. The van der Waals surface area contributed by atoms with Crippen molar-refractivity contribution in [3.05, 3.63) is 41.6 Å². The molecule has 0 radical (unpaired) electrons. The second kappa shape index (κ2) is 6.62. The van der Waals surface area contributed by atoms with E-state index in [1.165, 1.54) is 12.8 Å². The molecule has 23 heavy (non-hydrogen) atoms. The summed E-state index contributed by atoms with van der Waals surface area (Å²) >= 11 is 5.84. The third kappa shape index (κ3) is 3.85. The second-order valence-corrected chi connectivity index (χ2v) is 6.38. The molecule has 0 saturated heterocycles. The topological polar surface area (TPSA) is 56.1 Å². The molecule has 1 N–H and O–H groups in total. The van der Waals surface area contributed by atoms with E-state index in [0.717, 1.165) is 0 Å². The zero-order valence-electron chi connectivity index (χ0n) is 13.2. The maximum atomic E-state index is 12.3. The molecule has 0 spiro atoms. The highest BCUT2D eigenvalue weighted by atomic mass is 35.5. The molecule has 1 aliphatic carbocycles. The first-order valence-electron chi connectivity index (χ1n) is 7.81. The molecule has 122 valence electrons. The van der Waals surface area contributed by atoms with Gasteiger partial charge in [-0.2, -0.15) is 5.10 Å². The zero-order valence-corrected chi connectivity index (χ0v) is 14.0. The van der Waals surface area contributed by atoms with Crippen molar-refractivity contribution >= 4 is 23.3 Å². The molecule has 6 heteroatoms. The van der Waals surface area contributed by atoms with Gasteiger partial charge in [0, 0.05) is 11.1 Å². The average Bonchev–Trinajstić information content (AvgIpc) is 3.29. The number of hydrogen-bond acceptors (Lipinski definition) is 3. The maximum Gasteiger partial charge on any atom is 0.266 e. The SMILES string of the molecule is C[C@H](Oc1ccc(Cl)cc1)C(=O)Nc1ccnn1[C@H](C)C1CC1. The Morgan fingerprint density at radius 3 is 2.65 bits per heavy atom. The van der Waals surface area contributed by atoms with E-state index in [0.29, 0.717) is 28.5 Å². The van der Waals surface area contributed by atoms with Gasteiger partial charge >= 0.3 is 0 Å². The fourth-order valence-corrected chi connectivity index (χ4v) is 2.64. The Morgan fingerprint density at radius 2 is 2.00 bits per heavy atom. The number of hydrogen-bond donors (Lipinski definition) is 1. The lowest BCUT2D eigenvalue weighted by Crippen LogP contribution is -2.31. The first-order valence-corrected chi connectivity index (χ1v) is 8.19. The summed E-state index contributed by atoms with van der Waals surface area (Å²) in [5.74, 6) is 1.77. The third-order valence-corrected chi connectivity index (χ3v) is 4.36. The van der Waals surface area contributed by atoms with Gasteiger partial charge in [0.05, 0.1) is 12.2 Å². The van der Waals surface area contributed by atoms with Crippen LogP contribution in [0.5, 0.6) is 5.75 Å². The fraction of sp³-hybridized carbons (Fsp3) is 0.412. The molecule has 0 bridgehead atoms. The highest BCUT2D eigenvalue weighted by Gasteiger charge is 2.31. The number of rotatable bonds is 6. The Labute approximate surface area is 140 Å². The van der Waals surface area contributed by atoms with Crippen LogP contribution in [0.4, 0.5) is 5.82 Å². The summed E-state index contributed by atoms with van der Waals surface area (Å²) in [5, 5.41) is 7.86. The summed E-state index contributed by atoms with van der Waals surface area (Å²) in [6.07, 6.45) is 3.55. The molecule has 1 amide bonds. The number of ether oxygens (including phenoxy) is 1. The number of halogens is 1. The monoisotopic (exact) mass is 333 g/mol. The van der Waals surface area contributed by atoms with Crippen molar-refractivity contribution in [3.63, 3.8) is 0 Å². The van der Waals surface area contributed by atoms with E-state index in [4.69, 9.17) is 16.3 Å². The predicted octanol–water partition coefficient (Wildman–Crippen LogP) is 3.91. The van der Waals surface area contributed by atoms with Crippen LogP contribution in [0.2, 0.25) is 5.02 Å². The number of amides is 1. The second-order valence-electron chi connectivity index (χ2n) is 5.94. The van der Waals surface area contributed by atoms with Gasteiger partial charge in [-0.1, -0.05) is 11.6 Å². The van der Waals surface area contributed by atoms with E-state index in [1.54, 1.807) is 37.4 Å². The Hall–Kier alpha value is -2.01. The van der Waals surface area contributed by atoms with Crippen molar-refractivity contribution in [3.8, 4) is 5.75 Å². The minimum absolute atomic E-state index is 0.204. The Bertz CT molecular complexity index is 679.